The quantitative estimate of drug-likeness (QED) is 0.849. The maximum absolute atomic E-state index is 12.4. The molecular weight excluding hydrogens is 300 g/mol. The van der Waals surface area contributed by atoms with E-state index in [1.165, 1.54) is 12.8 Å². The molecule has 1 aromatic rings. The van der Waals surface area contributed by atoms with Gasteiger partial charge >= 0.3 is 0 Å². The smallest absolute Gasteiger partial charge is 0.224 e. The lowest BCUT2D eigenvalue weighted by Crippen LogP contribution is -2.32. The molecule has 5 heteroatoms. The molecule has 1 saturated heterocycles. The molecule has 1 amide bonds. The molecule has 4 nitrogen and oxygen atoms in total. The Hall–Kier alpha value is -1.73. The van der Waals surface area contributed by atoms with E-state index in [1.54, 1.807) is 25.3 Å². The first kappa shape index (κ1) is 16.6. The van der Waals surface area contributed by atoms with E-state index in [-0.39, 0.29) is 12.3 Å². The second kappa shape index (κ2) is 8.05. The number of benzene rings is 1. The van der Waals surface area contributed by atoms with Crippen LogP contribution in [-0.2, 0) is 4.79 Å². The summed E-state index contributed by atoms with van der Waals surface area (Å²) in [7, 11) is 1.55. The predicted octanol–water partition coefficient (Wildman–Crippen LogP) is 3.75. The van der Waals surface area contributed by atoms with Gasteiger partial charge in [0.25, 0.3) is 0 Å². The molecule has 0 saturated carbocycles. The van der Waals surface area contributed by atoms with E-state index in [0.29, 0.717) is 10.8 Å². The van der Waals surface area contributed by atoms with Crippen molar-refractivity contribution in [2.75, 3.05) is 20.2 Å². The fraction of sp³-hybridized carbons (Fsp3) is 0.529. The van der Waals surface area contributed by atoms with Crippen LogP contribution in [-0.4, -0.2) is 31.0 Å². The summed E-state index contributed by atoms with van der Waals surface area (Å²) >= 11 is 6.11. The minimum Gasteiger partial charge on any atom is -0.495 e. The summed E-state index contributed by atoms with van der Waals surface area (Å²) in [5.74, 6) is 0.153. The van der Waals surface area contributed by atoms with Crippen molar-refractivity contribution >= 4 is 17.5 Å². The van der Waals surface area contributed by atoms with Gasteiger partial charge in [-0.05, 0) is 30.5 Å². The van der Waals surface area contributed by atoms with Gasteiger partial charge in [-0.1, -0.05) is 30.5 Å². The molecule has 1 aromatic carbocycles. The van der Waals surface area contributed by atoms with Gasteiger partial charge in [-0.15, -0.1) is 0 Å². The van der Waals surface area contributed by atoms with E-state index >= 15 is 0 Å². The summed E-state index contributed by atoms with van der Waals surface area (Å²) in [6, 6.07) is 7.47. The van der Waals surface area contributed by atoms with E-state index in [9.17, 15) is 10.1 Å². The van der Waals surface area contributed by atoms with Gasteiger partial charge in [-0.25, -0.2) is 0 Å². The van der Waals surface area contributed by atoms with Crippen molar-refractivity contribution in [1.29, 1.82) is 5.26 Å². The van der Waals surface area contributed by atoms with Crippen LogP contribution < -0.4 is 4.74 Å². The van der Waals surface area contributed by atoms with Crippen LogP contribution in [0.4, 0.5) is 0 Å². The molecule has 0 bridgehead atoms. The lowest BCUT2D eigenvalue weighted by atomic mass is 9.96. The highest BCUT2D eigenvalue weighted by Gasteiger charge is 2.21. The van der Waals surface area contributed by atoms with Gasteiger partial charge in [-0.2, -0.15) is 5.26 Å². The Balaban J connectivity index is 2.06. The third-order valence-electron chi connectivity index (χ3n) is 4.07. The summed E-state index contributed by atoms with van der Waals surface area (Å²) < 4.78 is 5.11. The average molecular weight is 321 g/mol. The van der Waals surface area contributed by atoms with Crippen molar-refractivity contribution in [2.24, 2.45) is 0 Å². The zero-order valence-electron chi connectivity index (χ0n) is 12.8. The van der Waals surface area contributed by atoms with Gasteiger partial charge in [-0.3, -0.25) is 4.79 Å². The number of halogens is 1. The number of carbonyl (C=O) groups excluding carboxylic acids is 1. The number of hydrogen-bond donors (Lipinski definition) is 0. The topological polar surface area (TPSA) is 53.3 Å². The maximum atomic E-state index is 12.4. The third-order valence-corrected chi connectivity index (χ3v) is 4.37. The van der Waals surface area contributed by atoms with E-state index in [1.807, 2.05) is 4.90 Å². The Morgan fingerprint density at radius 2 is 2.05 bits per heavy atom. The molecule has 0 aliphatic carbocycles. The number of likely N-dealkylation sites (tertiary alicyclic amines) is 1. The van der Waals surface area contributed by atoms with E-state index < -0.39 is 5.92 Å². The number of rotatable bonds is 4. The number of amides is 1. The van der Waals surface area contributed by atoms with Crippen molar-refractivity contribution in [1.82, 2.24) is 4.90 Å². The maximum Gasteiger partial charge on any atom is 0.224 e. The normalized spacial score (nSPS) is 16.5. The fourth-order valence-corrected chi connectivity index (χ4v) is 3.03. The number of nitrogens with zero attached hydrogens (tertiary/aromatic N) is 2. The largest absolute Gasteiger partial charge is 0.495 e. The van der Waals surface area contributed by atoms with Crippen LogP contribution in [0.1, 0.15) is 43.6 Å². The van der Waals surface area contributed by atoms with Crippen LogP contribution in [0.2, 0.25) is 5.02 Å². The van der Waals surface area contributed by atoms with Gasteiger partial charge in [0.1, 0.15) is 5.75 Å². The molecule has 1 aliphatic heterocycles. The van der Waals surface area contributed by atoms with Crippen LogP contribution in [0.5, 0.6) is 5.75 Å². The van der Waals surface area contributed by atoms with Crippen molar-refractivity contribution in [2.45, 2.75) is 38.0 Å². The number of nitriles is 1. The molecule has 0 aromatic heterocycles. The molecule has 2 rings (SSSR count). The lowest BCUT2D eigenvalue weighted by molar-refractivity contribution is -0.131. The SMILES string of the molecule is COc1ccc(C(C#N)CC(=O)N2CCCCCC2)cc1Cl. The molecular formula is C17H21ClN2O2. The summed E-state index contributed by atoms with van der Waals surface area (Å²) in [5, 5.41) is 9.87. The molecule has 1 heterocycles. The van der Waals surface area contributed by atoms with Gasteiger partial charge in [0.2, 0.25) is 5.91 Å². The minimum atomic E-state index is -0.473. The summed E-state index contributed by atoms with van der Waals surface area (Å²) in [4.78, 5) is 14.3. The van der Waals surface area contributed by atoms with Gasteiger partial charge in [0.15, 0.2) is 0 Å². The average Bonchev–Trinajstić information content (AvgIpc) is 2.81. The number of methoxy groups -OCH3 is 1. The lowest BCUT2D eigenvalue weighted by Gasteiger charge is -2.21. The Bertz CT molecular complexity index is 560. The van der Waals surface area contributed by atoms with Crippen LogP contribution in [0.15, 0.2) is 18.2 Å². The van der Waals surface area contributed by atoms with E-state index in [0.717, 1.165) is 31.5 Å². The highest BCUT2D eigenvalue weighted by molar-refractivity contribution is 6.32. The molecule has 22 heavy (non-hydrogen) atoms. The molecule has 0 radical (unpaired) electrons. The van der Waals surface area contributed by atoms with Crippen molar-refractivity contribution in [3.63, 3.8) is 0 Å². The molecule has 1 unspecified atom stereocenters. The van der Waals surface area contributed by atoms with Crippen molar-refractivity contribution < 1.29 is 9.53 Å². The Morgan fingerprint density at radius 3 is 2.59 bits per heavy atom. The number of ether oxygens (including phenoxy) is 1. The number of carbonyl (C=O) groups is 1. The van der Waals surface area contributed by atoms with Crippen LogP contribution in [0, 0.1) is 11.3 Å². The Morgan fingerprint density at radius 1 is 1.36 bits per heavy atom. The fourth-order valence-electron chi connectivity index (χ4n) is 2.76. The predicted molar refractivity (Wildman–Crippen MR) is 86.0 cm³/mol. The van der Waals surface area contributed by atoms with Gasteiger partial charge in [0, 0.05) is 19.5 Å². The first-order valence-corrected chi connectivity index (χ1v) is 8.04. The standard InChI is InChI=1S/C17H21ClN2O2/c1-22-16-7-6-13(10-15(16)18)14(12-19)11-17(21)20-8-4-2-3-5-9-20/h6-7,10,14H,2-5,8-9,11H2,1H3. The Labute approximate surface area is 136 Å². The van der Waals surface area contributed by atoms with Crippen LogP contribution >= 0.6 is 11.6 Å². The first-order valence-electron chi connectivity index (χ1n) is 7.66. The second-order valence-electron chi connectivity index (χ2n) is 5.57. The number of hydrogen-bond acceptors (Lipinski definition) is 3. The van der Waals surface area contributed by atoms with Crippen LogP contribution in [0.25, 0.3) is 0 Å². The van der Waals surface area contributed by atoms with E-state index in [4.69, 9.17) is 16.3 Å². The van der Waals surface area contributed by atoms with Gasteiger partial charge in [0.05, 0.1) is 24.1 Å². The highest BCUT2D eigenvalue weighted by atomic mass is 35.5. The summed E-state index contributed by atoms with van der Waals surface area (Å²) in [6.45, 7) is 1.61. The van der Waals surface area contributed by atoms with Crippen LogP contribution in [0.3, 0.4) is 0 Å². The summed E-state index contributed by atoms with van der Waals surface area (Å²) in [5.41, 5.74) is 0.761. The van der Waals surface area contributed by atoms with E-state index in [2.05, 4.69) is 6.07 Å². The molecule has 118 valence electrons. The highest BCUT2D eigenvalue weighted by Crippen LogP contribution is 2.30. The molecule has 0 N–H and O–H groups in total. The third kappa shape index (κ3) is 4.14. The molecule has 1 fully saturated rings. The molecule has 1 aliphatic rings. The molecule has 1 atom stereocenters. The van der Waals surface area contributed by atoms with Crippen molar-refractivity contribution in [3.05, 3.63) is 28.8 Å². The zero-order valence-corrected chi connectivity index (χ0v) is 13.6. The zero-order chi connectivity index (χ0) is 15.9. The summed E-state index contributed by atoms with van der Waals surface area (Å²) in [6.07, 6.45) is 4.67. The van der Waals surface area contributed by atoms with Crippen molar-refractivity contribution in [3.8, 4) is 11.8 Å². The molecule has 0 spiro atoms. The monoisotopic (exact) mass is 320 g/mol. The van der Waals surface area contributed by atoms with Gasteiger partial charge < -0.3 is 9.64 Å². The first-order chi connectivity index (χ1) is 10.7. The Kier molecular flexibility index (Phi) is 6.09. The second-order valence-corrected chi connectivity index (χ2v) is 5.98. The minimum absolute atomic E-state index is 0.0559.